The quantitative estimate of drug-likeness (QED) is 0.0447. The van der Waals surface area contributed by atoms with E-state index < -0.39 is 85.1 Å². The second-order valence-corrected chi connectivity index (χ2v) is 15.7. The van der Waals surface area contributed by atoms with E-state index in [4.69, 9.17) is 27.8 Å². The largest absolute Gasteiger partial charge is 0.573 e. The van der Waals surface area contributed by atoms with Gasteiger partial charge in [-0.1, -0.05) is 30.8 Å². The zero-order valence-corrected chi connectivity index (χ0v) is 35.3. The first-order valence-corrected chi connectivity index (χ1v) is 20.1. The summed E-state index contributed by atoms with van der Waals surface area (Å²) in [5, 5.41) is 0.518. The standard InChI is InChI=1S/C47H37F9O11/c1-23(2)42(57)63-36-14-13-35(41(36)45(48,49)50)62-30(21-60-28-9-7-26-17-33(43(58)64-37(26)19-28)31-11-5-24(3)15-39(31)66-46(51,52)53)22-61-29-10-8-27-18-34(44(59)65-38(27)20-29)32-12-6-25(4)16-40(32)67-47(54,55)56/h5-12,15-20,30,35-36,41H,1,13-14,21-22H2,2-4H3. The van der Waals surface area contributed by atoms with Crippen LogP contribution in [0.25, 0.3) is 44.2 Å². The van der Waals surface area contributed by atoms with E-state index in [0.717, 1.165) is 12.1 Å². The molecule has 1 aliphatic rings. The molecule has 67 heavy (non-hydrogen) atoms. The molecule has 0 spiro atoms. The molecule has 11 nitrogen and oxygen atoms in total. The molecule has 2 heterocycles. The number of ether oxygens (including phenoxy) is 6. The number of carbonyl (C=O) groups is 1. The third-order valence-corrected chi connectivity index (χ3v) is 10.5. The summed E-state index contributed by atoms with van der Waals surface area (Å²) in [7, 11) is 0. The van der Waals surface area contributed by atoms with Crippen LogP contribution in [0.15, 0.2) is 116 Å². The van der Waals surface area contributed by atoms with Crippen LogP contribution in [0.2, 0.25) is 0 Å². The maximum Gasteiger partial charge on any atom is 0.573 e. The topological polar surface area (TPSA) is 133 Å². The highest BCUT2D eigenvalue weighted by atomic mass is 19.4. The highest BCUT2D eigenvalue weighted by molar-refractivity contribution is 5.87. The molecule has 7 rings (SSSR count). The molecule has 354 valence electrons. The van der Waals surface area contributed by atoms with Gasteiger partial charge in [0.2, 0.25) is 0 Å². The van der Waals surface area contributed by atoms with Crippen molar-refractivity contribution in [3.05, 3.63) is 129 Å². The lowest BCUT2D eigenvalue weighted by molar-refractivity contribution is -0.275. The Morgan fingerprint density at radius 3 is 1.51 bits per heavy atom. The van der Waals surface area contributed by atoms with E-state index in [-0.39, 0.29) is 74.1 Å². The summed E-state index contributed by atoms with van der Waals surface area (Å²) in [6.45, 7) is 6.80. The molecule has 20 heteroatoms. The summed E-state index contributed by atoms with van der Waals surface area (Å²) >= 11 is 0. The SMILES string of the molecule is C=C(C)C(=O)OC1CCC(OC(COc2ccc3cc(-c4ccc(C)cc4OC(F)(F)F)c(=O)oc3c2)COc2ccc3cc(-c4ccc(C)cc4OC(F)(F)F)c(=O)oc3c2)C1C(F)(F)F. The minimum absolute atomic E-state index is 0.0288. The molecule has 0 N–H and O–H groups in total. The van der Waals surface area contributed by atoms with Crippen molar-refractivity contribution in [1.82, 2.24) is 0 Å². The van der Waals surface area contributed by atoms with Gasteiger partial charge in [-0.05, 0) is 93.3 Å². The Balaban J connectivity index is 1.15. The molecule has 4 aromatic carbocycles. The number of rotatable bonds is 14. The summed E-state index contributed by atoms with van der Waals surface area (Å²) in [5.41, 5.74) is -2.27. The van der Waals surface area contributed by atoms with Gasteiger partial charge in [0.1, 0.15) is 65.5 Å². The molecule has 0 bridgehead atoms. The Morgan fingerprint density at radius 2 is 1.09 bits per heavy atom. The number of benzene rings is 4. The monoisotopic (exact) mass is 948 g/mol. The van der Waals surface area contributed by atoms with Crippen LogP contribution >= 0.6 is 0 Å². The lowest BCUT2D eigenvalue weighted by Gasteiger charge is -2.30. The van der Waals surface area contributed by atoms with Gasteiger partial charge in [0, 0.05) is 39.6 Å². The predicted octanol–water partition coefficient (Wildman–Crippen LogP) is 11.3. The van der Waals surface area contributed by atoms with E-state index in [0.29, 0.717) is 11.1 Å². The van der Waals surface area contributed by atoms with Crippen molar-refractivity contribution >= 4 is 27.9 Å². The molecule has 3 atom stereocenters. The molecule has 1 saturated carbocycles. The molecule has 3 unspecified atom stereocenters. The molecular weight excluding hydrogens is 911 g/mol. The normalized spacial score (nSPS) is 16.6. The number of fused-ring (bicyclic) bond motifs is 2. The van der Waals surface area contributed by atoms with E-state index in [9.17, 15) is 53.9 Å². The van der Waals surface area contributed by atoms with Crippen LogP contribution in [-0.2, 0) is 14.3 Å². The molecule has 1 fully saturated rings. The second kappa shape index (κ2) is 18.7. The summed E-state index contributed by atoms with van der Waals surface area (Å²) in [5.74, 6) is -4.48. The smallest absolute Gasteiger partial charge is 0.491 e. The average Bonchev–Trinajstić information content (AvgIpc) is 3.62. The Morgan fingerprint density at radius 1 is 0.642 bits per heavy atom. The molecule has 0 radical (unpaired) electrons. The first kappa shape index (κ1) is 48.0. The minimum Gasteiger partial charge on any atom is -0.491 e. The predicted molar refractivity (Wildman–Crippen MR) is 222 cm³/mol. The van der Waals surface area contributed by atoms with E-state index in [1.54, 1.807) is 0 Å². The van der Waals surface area contributed by atoms with Crippen LogP contribution in [-0.4, -0.2) is 56.4 Å². The molecule has 0 aliphatic heterocycles. The van der Waals surface area contributed by atoms with Gasteiger partial charge in [-0.15, -0.1) is 26.3 Å². The van der Waals surface area contributed by atoms with Gasteiger partial charge in [0.25, 0.3) is 0 Å². The molecule has 0 amide bonds. The Labute approximate surface area is 373 Å². The van der Waals surface area contributed by atoms with Crippen molar-refractivity contribution in [2.45, 2.75) is 70.8 Å². The van der Waals surface area contributed by atoms with Gasteiger partial charge in [0.15, 0.2) is 0 Å². The number of halogens is 9. The van der Waals surface area contributed by atoms with Crippen molar-refractivity contribution in [3.63, 3.8) is 0 Å². The fraction of sp³-hybridized carbons (Fsp3) is 0.298. The number of alkyl halides is 9. The van der Waals surface area contributed by atoms with Gasteiger partial charge in [-0.3, -0.25) is 0 Å². The van der Waals surface area contributed by atoms with Gasteiger partial charge in [0.05, 0.1) is 17.2 Å². The molecular formula is C47H37F9O11. The highest BCUT2D eigenvalue weighted by Gasteiger charge is 2.55. The van der Waals surface area contributed by atoms with Crippen LogP contribution < -0.4 is 30.2 Å². The summed E-state index contributed by atoms with van der Waals surface area (Å²) < 4.78 is 165. The minimum atomic E-state index is -5.06. The maximum absolute atomic E-state index is 14.6. The van der Waals surface area contributed by atoms with Gasteiger partial charge in [-0.25, -0.2) is 14.4 Å². The number of aryl methyl sites for hydroxylation is 2. The number of carbonyl (C=O) groups excluding carboxylic acids is 1. The van der Waals surface area contributed by atoms with Crippen molar-refractivity contribution in [2.24, 2.45) is 5.92 Å². The lowest BCUT2D eigenvalue weighted by atomic mass is 10.0. The third kappa shape index (κ3) is 11.7. The van der Waals surface area contributed by atoms with Gasteiger partial charge in [-0.2, -0.15) is 13.2 Å². The van der Waals surface area contributed by atoms with Crippen LogP contribution in [0.4, 0.5) is 39.5 Å². The number of hydrogen-bond donors (Lipinski definition) is 0. The third-order valence-electron chi connectivity index (χ3n) is 10.5. The van der Waals surface area contributed by atoms with E-state index >= 15 is 0 Å². The van der Waals surface area contributed by atoms with Gasteiger partial charge >= 0.3 is 36.1 Å². The molecule has 0 saturated heterocycles. The van der Waals surface area contributed by atoms with E-state index in [1.165, 1.54) is 93.6 Å². The second-order valence-electron chi connectivity index (χ2n) is 15.7. The zero-order valence-electron chi connectivity index (χ0n) is 35.3. The fourth-order valence-electron chi connectivity index (χ4n) is 7.48. The average molecular weight is 949 g/mol. The van der Waals surface area contributed by atoms with Crippen LogP contribution in [0.1, 0.15) is 30.9 Å². The highest BCUT2D eigenvalue weighted by Crippen LogP contribution is 2.44. The first-order chi connectivity index (χ1) is 31.4. The lowest BCUT2D eigenvalue weighted by Crippen LogP contribution is -2.43. The van der Waals surface area contributed by atoms with Crippen molar-refractivity contribution < 1.29 is 81.6 Å². The zero-order chi connectivity index (χ0) is 48.6. The van der Waals surface area contributed by atoms with Gasteiger partial charge < -0.3 is 37.3 Å². The van der Waals surface area contributed by atoms with E-state index in [1.807, 2.05) is 0 Å². The summed E-state index contributed by atoms with van der Waals surface area (Å²) in [6, 6.07) is 18.5. The molecule has 2 aromatic heterocycles. The first-order valence-electron chi connectivity index (χ1n) is 20.1. The summed E-state index contributed by atoms with van der Waals surface area (Å²) in [6.07, 6.45) is -19.9. The molecule has 1 aliphatic carbocycles. The Hall–Kier alpha value is -6.96. The number of hydrogen-bond acceptors (Lipinski definition) is 11. The molecule has 6 aromatic rings. The summed E-state index contributed by atoms with van der Waals surface area (Å²) in [4.78, 5) is 38.6. The number of esters is 1. The van der Waals surface area contributed by atoms with Crippen LogP contribution in [0.5, 0.6) is 23.0 Å². The maximum atomic E-state index is 14.6. The Bertz CT molecular complexity index is 2790. The fourth-order valence-corrected chi connectivity index (χ4v) is 7.48. The van der Waals surface area contributed by atoms with Crippen molar-refractivity contribution in [2.75, 3.05) is 13.2 Å². The van der Waals surface area contributed by atoms with Crippen LogP contribution in [0, 0.1) is 19.8 Å². The van der Waals surface area contributed by atoms with Crippen molar-refractivity contribution in [3.8, 4) is 45.3 Å². The van der Waals surface area contributed by atoms with Crippen molar-refractivity contribution in [1.29, 1.82) is 0 Å². The van der Waals surface area contributed by atoms with Crippen LogP contribution in [0.3, 0.4) is 0 Å². The van der Waals surface area contributed by atoms with E-state index in [2.05, 4.69) is 16.1 Å². The Kier molecular flexibility index (Phi) is 13.4.